The molecule has 2 aromatic carbocycles. The first-order valence-electron chi connectivity index (χ1n) is 12.2. The van der Waals surface area contributed by atoms with Gasteiger partial charge in [-0.15, -0.1) is 11.3 Å². The van der Waals surface area contributed by atoms with E-state index in [-0.39, 0.29) is 11.9 Å². The molecule has 36 heavy (non-hydrogen) atoms. The van der Waals surface area contributed by atoms with Crippen molar-refractivity contribution in [1.29, 1.82) is 0 Å². The SMILES string of the molecule is Cc1cc2[nH]nc(C=Cc3cccc(NC(=O)N4CCCCC4)c3)c2cc1NC(=O)Cc1cccs1. The molecule has 1 aliphatic rings. The molecule has 0 saturated carbocycles. The standard InChI is InChI=1S/C28H29N5O2S/c1-19-15-26-23(18-25(19)30-27(34)17-22-9-6-14-36-22)24(31-32-26)11-10-20-7-5-8-21(16-20)29-28(35)33-12-3-2-4-13-33/h5-11,14-16,18H,2-4,12-13,17H2,1H3,(H,29,35)(H,30,34)(H,31,32). The van der Waals surface area contributed by atoms with Crippen LogP contribution in [0.5, 0.6) is 0 Å². The summed E-state index contributed by atoms with van der Waals surface area (Å²) in [7, 11) is 0. The van der Waals surface area contributed by atoms with E-state index >= 15 is 0 Å². The second-order valence-corrected chi connectivity index (χ2v) is 10.1. The maximum absolute atomic E-state index is 12.5. The highest BCUT2D eigenvalue weighted by molar-refractivity contribution is 7.10. The largest absolute Gasteiger partial charge is 0.326 e. The zero-order valence-corrected chi connectivity index (χ0v) is 21.0. The summed E-state index contributed by atoms with van der Waals surface area (Å²) >= 11 is 1.58. The molecule has 7 nitrogen and oxygen atoms in total. The van der Waals surface area contributed by atoms with E-state index in [0.717, 1.165) is 69.9 Å². The molecule has 0 aliphatic carbocycles. The molecular weight excluding hydrogens is 470 g/mol. The Labute approximate surface area is 214 Å². The maximum Gasteiger partial charge on any atom is 0.321 e. The van der Waals surface area contributed by atoms with Crippen LogP contribution in [0.4, 0.5) is 16.2 Å². The lowest BCUT2D eigenvalue weighted by molar-refractivity contribution is -0.115. The van der Waals surface area contributed by atoms with Gasteiger partial charge in [0.25, 0.3) is 0 Å². The minimum absolute atomic E-state index is 0.0381. The van der Waals surface area contributed by atoms with Gasteiger partial charge in [-0.25, -0.2) is 4.79 Å². The number of nitrogens with one attached hydrogen (secondary N) is 3. The van der Waals surface area contributed by atoms with E-state index < -0.39 is 0 Å². The molecule has 0 spiro atoms. The first-order chi connectivity index (χ1) is 17.5. The number of urea groups is 1. The van der Waals surface area contributed by atoms with Gasteiger partial charge in [0.05, 0.1) is 17.6 Å². The number of hydrogen-bond acceptors (Lipinski definition) is 4. The van der Waals surface area contributed by atoms with Crippen LogP contribution in [0.15, 0.2) is 53.9 Å². The number of likely N-dealkylation sites (tertiary alicyclic amines) is 1. The molecule has 0 atom stereocenters. The Kier molecular flexibility index (Phi) is 7.13. The molecule has 3 amide bonds. The quantitative estimate of drug-likeness (QED) is 0.291. The van der Waals surface area contributed by atoms with E-state index in [0.29, 0.717) is 6.42 Å². The van der Waals surface area contributed by atoms with Gasteiger partial charge in [-0.05, 0) is 79.1 Å². The molecule has 1 aliphatic heterocycles. The number of piperidine rings is 1. The lowest BCUT2D eigenvalue weighted by Gasteiger charge is -2.26. The third kappa shape index (κ3) is 5.66. The van der Waals surface area contributed by atoms with Gasteiger partial charge in [-0.3, -0.25) is 9.89 Å². The van der Waals surface area contributed by atoms with Crippen LogP contribution in [0.3, 0.4) is 0 Å². The smallest absolute Gasteiger partial charge is 0.321 e. The van der Waals surface area contributed by atoms with Crippen LogP contribution in [0.1, 0.15) is 41.0 Å². The summed E-state index contributed by atoms with van der Waals surface area (Å²) in [6, 6.07) is 15.6. The Balaban J connectivity index is 1.30. The number of H-pyrrole nitrogens is 1. The number of aromatic nitrogens is 2. The van der Waals surface area contributed by atoms with E-state index in [4.69, 9.17) is 0 Å². The maximum atomic E-state index is 12.5. The fourth-order valence-electron chi connectivity index (χ4n) is 4.42. The predicted molar refractivity (Wildman–Crippen MR) is 147 cm³/mol. The van der Waals surface area contributed by atoms with Gasteiger partial charge >= 0.3 is 6.03 Å². The molecule has 0 bridgehead atoms. The Morgan fingerprint density at radius 2 is 1.92 bits per heavy atom. The van der Waals surface area contributed by atoms with Crippen molar-refractivity contribution >= 4 is 57.7 Å². The average Bonchev–Trinajstić information content (AvgIpc) is 3.53. The zero-order valence-electron chi connectivity index (χ0n) is 20.2. The number of fused-ring (bicyclic) bond motifs is 1. The summed E-state index contributed by atoms with van der Waals surface area (Å²) in [5.74, 6) is -0.0381. The number of nitrogens with zero attached hydrogens (tertiary/aromatic N) is 2. The third-order valence-electron chi connectivity index (χ3n) is 6.34. The van der Waals surface area contributed by atoms with Crippen LogP contribution in [0, 0.1) is 6.92 Å². The molecule has 0 radical (unpaired) electrons. The van der Waals surface area contributed by atoms with Crippen LogP contribution < -0.4 is 10.6 Å². The fourth-order valence-corrected chi connectivity index (χ4v) is 5.12. The lowest BCUT2D eigenvalue weighted by Crippen LogP contribution is -2.38. The van der Waals surface area contributed by atoms with E-state index in [1.165, 1.54) is 6.42 Å². The minimum Gasteiger partial charge on any atom is -0.326 e. The van der Waals surface area contributed by atoms with E-state index in [9.17, 15) is 9.59 Å². The number of carbonyl (C=O) groups excluding carboxylic acids is 2. The molecule has 3 N–H and O–H groups in total. The second kappa shape index (κ2) is 10.8. The van der Waals surface area contributed by atoms with Crippen LogP contribution in [0.2, 0.25) is 0 Å². The molecule has 5 rings (SSSR count). The van der Waals surface area contributed by atoms with Gasteiger partial charge < -0.3 is 15.5 Å². The molecular formula is C28H29N5O2S. The Morgan fingerprint density at radius 1 is 1.06 bits per heavy atom. The summed E-state index contributed by atoms with van der Waals surface area (Å²) < 4.78 is 0. The summed E-state index contributed by atoms with van der Waals surface area (Å²) in [4.78, 5) is 28.0. The van der Waals surface area contributed by atoms with Crippen molar-refractivity contribution in [3.63, 3.8) is 0 Å². The third-order valence-corrected chi connectivity index (χ3v) is 7.22. The normalized spacial score (nSPS) is 13.9. The molecule has 0 unspecified atom stereocenters. The first kappa shape index (κ1) is 23.8. The molecule has 1 fully saturated rings. The van der Waals surface area contributed by atoms with Gasteiger partial charge in [-0.1, -0.05) is 24.3 Å². The number of thiophene rings is 1. The molecule has 8 heteroatoms. The van der Waals surface area contributed by atoms with Gasteiger partial charge in [-0.2, -0.15) is 5.10 Å². The topological polar surface area (TPSA) is 90.1 Å². The van der Waals surface area contributed by atoms with E-state index in [1.54, 1.807) is 11.3 Å². The second-order valence-electron chi connectivity index (χ2n) is 9.06. The number of benzene rings is 2. The van der Waals surface area contributed by atoms with Crippen LogP contribution in [-0.2, 0) is 11.2 Å². The van der Waals surface area contributed by atoms with E-state index in [1.807, 2.05) is 77.9 Å². The molecule has 2 aromatic heterocycles. The molecule has 3 heterocycles. The number of anilines is 2. The number of hydrogen-bond donors (Lipinski definition) is 3. The van der Waals surface area contributed by atoms with Crippen molar-refractivity contribution < 1.29 is 9.59 Å². The fraction of sp³-hybridized carbons (Fsp3) is 0.250. The molecule has 184 valence electrons. The highest BCUT2D eigenvalue weighted by atomic mass is 32.1. The first-order valence-corrected chi connectivity index (χ1v) is 13.1. The highest BCUT2D eigenvalue weighted by Crippen LogP contribution is 2.26. The minimum atomic E-state index is -0.0434. The van der Waals surface area contributed by atoms with Crippen molar-refractivity contribution in [3.8, 4) is 0 Å². The number of aromatic amines is 1. The number of rotatable bonds is 6. The Morgan fingerprint density at radius 3 is 2.72 bits per heavy atom. The van der Waals surface area contributed by atoms with Crippen molar-refractivity contribution in [3.05, 3.63) is 75.6 Å². The zero-order chi connectivity index (χ0) is 24.9. The van der Waals surface area contributed by atoms with Gasteiger partial charge in [0.1, 0.15) is 0 Å². The molecule has 1 saturated heterocycles. The Bertz CT molecular complexity index is 1400. The average molecular weight is 500 g/mol. The van der Waals surface area contributed by atoms with E-state index in [2.05, 4.69) is 20.8 Å². The monoisotopic (exact) mass is 499 g/mol. The summed E-state index contributed by atoms with van der Waals surface area (Å²) in [6.07, 6.45) is 7.59. The predicted octanol–water partition coefficient (Wildman–Crippen LogP) is 6.30. The number of amides is 3. The highest BCUT2D eigenvalue weighted by Gasteiger charge is 2.16. The number of aryl methyl sites for hydroxylation is 1. The summed E-state index contributed by atoms with van der Waals surface area (Å²) in [6.45, 7) is 3.60. The summed E-state index contributed by atoms with van der Waals surface area (Å²) in [5, 5.41) is 16.5. The Hall–Kier alpha value is -3.91. The van der Waals surface area contributed by atoms with Crippen molar-refractivity contribution in [2.24, 2.45) is 0 Å². The van der Waals surface area contributed by atoms with Crippen molar-refractivity contribution in [2.75, 3.05) is 23.7 Å². The summed E-state index contributed by atoms with van der Waals surface area (Å²) in [5.41, 5.74) is 5.17. The van der Waals surface area contributed by atoms with Crippen molar-refractivity contribution in [2.45, 2.75) is 32.6 Å². The van der Waals surface area contributed by atoms with Crippen LogP contribution >= 0.6 is 11.3 Å². The van der Waals surface area contributed by atoms with Gasteiger partial charge in [0.15, 0.2) is 0 Å². The van der Waals surface area contributed by atoms with Gasteiger partial charge in [0.2, 0.25) is 5.91 Å². The van der Waals surface area contributed by atoms with Crippen LogP contribution in [0.25, 0.3) is 23.1 Å². The van der Waals surface area contributed by atoms with Crippen LogP contribution in [-0.4, -0.2) is 40.1 Å². The lowest BCUT2D eigenvalue weighted by atomic mass is 10.1. The van der Waals surface area contributed by atoms with Crippen molar-refractivity contribution in [1.82, 2.24) is 15.1 Å². The number of carbonyl (C=O) groups is 2. The molecule has 4 aromatic rings. The van der Waals surface area contributed by atoms with Gasteiger partial charge in [0, 0.05) is 34.7 Å².